The van der Waals surface area contributed by atoms with E-state index in [-0.39, 0.29) is 29.4 Å². The molecule has 0 aliphatic rings. The van der Waals surface area contributed by atoms with Crippen molar-refractivity contribution in [2.24, 2.45) is 0 Å². The summed E-state index contributed by atoms with van der Waals surface area (Å²) >= 11 is 0. The molecular weight excluding hydrogens is 324 g/mol. The van der Waals surface area contributed by atoms with E-state index < -0.39 is 22.0 Å². The highest BCUT2D eigenvalue weighted by atomic mass is 32.2. The second kappa shape index (κ2) is 8.82. The highest BCUT2D eigenvalue weighted by Gasteiger charge is 2.22. The molecule has 0 bridgehead atoms. The van der Waals surface area contributed by atoms with Crippen LogP contribution in [-0.2, 0) is 14.8 Å². The molecule has 0 heterocycles. The second-order valence-corrected chi connectivity index (χ2v) is 6.68. The van der Waals surface area contributed by atoms with Gasteiger partial charge < -0.3 is 20.3 Å². The zero-order valence-corrected chi connectivity index (χ0v) is 13.9. The van der Waals surface area contributed by atoms with E-state index in [0.29, 0.717) is 13.0 Å². The minimum absolute atomic E-state index is 0.0363. The third-order valence-electron chi connectivity index (χ3n) is 2.94. The van der Waals surface area contributed by atoms with Crippen LogP contribution in [0.3, 0.4) is 0 Å². The van der Waals surface area contributed by atoms with Crippen molar-refractivity contribution >= 4 is 21.7 Å². The van der Waals surface area contributed by atoms with Gasteiger partial charge in [0.1, 0.15) is 4.90 Å². The van der Waals surface area contributed by atoms with Crippen molar-refractivity contribution in [2.45, 2.75) is 24.3 Å². The standard InChI is InChI=1S/C14H22N2O6S/c1-10(9-22-2)16-23(20,21)13-8-11(14(18)19)4-5-12(13)15-6-3-7-17/h4-5,8,10,15-17H,3,6-7,9H2,1-2H3,(H,18,19)/t10-/m0/s1. The first-order chi connectivity index (χ1) is 10.8. The number of sulfonamides is 1. The number of benzene rings is 1. The van der Waals surface area contributed by atoms with Gasteiger partial charge in [-0.15, -0.1) is 0 Å². The first kappa shape index (κ1) is 19.4. The SMILES string of the molecule is COC[C@H](C)NS(=O)(=O)c1cc(C(=O)O)ccc1NCCCO. The number of hydrogen-bond acceptors (Lipinski definition) is 6. The number of methoxy groups -OCH3 is 1. The number of anilines is 1. The first-order valence-corrected chi connectivity index (χ1v) is 8.53. The molecule has 0 aromatic heterocycles. The number of aliphatic hydroxyl groups excluding tert-OH is 1. The molecule has 23 heavy (non-hydrogen) atoms. The Bertz CT molecular complexity index is 632. The largest absolute Gasteiger partial charge is 0.478 e. The molecule has 0 radical (unpaired) electrons. The highest BCUT2D eigenvalue weighted by Crippen LogP contribution is 2.23. The number of aromatic carboxylic acids is 1. The Labute approximate surface area is 135 Å². The Morgan fingerprint density at radius 1 is 1.39 bits per heavy atom. The summed E-state index contributed by atoms with van der Waals surface area (Å²) in [4.78, 5) is 10.9. The zero-order chi connectivity index (χ0) is 17.5. The van der Waals surface area contributed by atoms with Gasteiger partial charge in [0.2, 0.25) is 10.0 Å². The van der Waals surface area contributed by atoms with Crippen LogP contribution in [0.15, 0.2) is 23.1 Å². The summed E-state index contributed by atoms with van der Waals surface area (Å²) in [6.45, 7) is 2.15. The van der Waals surface area contributed by atoms with Crippen LogP contribution in [0.25, 0.3) is 0 Å². The number of carboxylic acids is 1. The van der Waals surface area contributed by atoms with E-state index >= 15 is 0 Å². The monoisotopic (exact) mass is 346 g/mol. The van der Waals surface area contributed by atoms with E-state index in [1.165, 1.54) is 19.2 Å². The number of hydrogen-bond donors (Lipinski definition) is 4. The Morgan fingerprint density at radius 3 is 2.65 bits per heavy atom. The van der Waals surface area contributed by atoms with Crippen LogP contribution in [0.4, 0.5) is 5.69 Å². The highest BCUT2D eigenvalue weighted by molar-refractivity contribution is 7.89. The fraction of sp³-hybridized carbons (Fsp3) is 0.500. The molecule has 1 aromatic rings. The molecule has 0 saturated carbocycles. The second-order valence-electron chi connectivity index (χ2n) is 5.00. The van der Waals surface area contributed by atoms with Crippen LogP contribution in [-0.4, -0.2) is 57.5 Å². The van der Waals surface area contributed by atoms with E-state index in [0.717, 1.165) is 6.07 Å². The van der Waals surface area contributed by atoms with Crippen molar-refractivity contribution in [3.05, 3.63) is 23.8 Å². The van der Waals surface area contributed by atoms with Gasteiger partial charge in [-0.05, 0) is 31.5 Å². The summed E-state index contributed by atoms with van der Waals surface area (Å²) in [6.07, 6.45) is 0.438. The van der Waals surface area contributed by atoms with Crippen LogP contribution in [0.2, 0.25) is 0 Å². The molecule has 4 N–H and O–H groups in total. The van der Waals surface area contributed by atoms with Gasteiger partial charge in [0.15, 0.2) is 0 Å². The molecule has 0 aliphatic heterocycles. The molecule has 1 atom stereocenters. The number of ether oxygens (including phenoxy) is 1. The number of carboxylic acid groups (broad SMARTS) is 1. The van der Waals surface area contributed by atoms with Gasteiger partial charge in [0.25, 0.3) is 0 Å². The van der Waals surface area contributed by atoms with Crippen LogP contribution in [0.5, 0.6) is 0 Å². The van der Waals surface area contributed by atoms with Crippen LogP contribution >= 0.6 is 0 Å². The molecular formula is C14H22N2O6S. The average Bonchev–Trinajstić information content (AvgIpc) is 2.47. The van der Waals surface area contributed by atoms with Gasteiger partial charge in [-0.3, -0.25) is 0 Å². The zero-order valence-electron chi connectivity index (χ0n) is 13.1. The summed E-state index contributed by atoms with van der Waals surface area (Å²) < 4.78 is 32.3. The lowest BCUT2D eigenvalue weighted by Gasteiger charge is -2.17. The maximum absolute atomic E-state index is 12.5. The molecule has 0 amide bonds. The van der Waals surface area contributed by atoms with E-state index in [1.54, 1.807) is 6.92 Å². The molecule has 0 spiro atoms. The van der Waals surface area contributed by atoms with Crippen molar-refractivity contribution < 1.29 is 28.2 Å². The van der Waals surface area contributed by atoms with E-state index in [4.69, 9.17) is 14.9 Å². The van der Waals surface area contributed by atoms with Gasteiger partial charge >= 0.3 is 5.97 Å². The van der Waals surface area contributed by atoms with Crippen LogP contribution < -0.4 is 10.0 Å². The predicted molar refractivity (Wildman–Crippen MR) is 85.3 cm³/mol. The van der Waals surface area contributed by atoms with Crippen molar-refractivity contribution in [1.82, 2.24) is 4.72 Å². The lowest BCUT2D eigenvalue weighted by Crippen LogP contribution is -2.36. The van der Waals surface area contributed by atoms with Crippen molar-refractivity contribution in [3.63, 3.8) is 0 Å². The van der Waals surface area contributed by atoms with E-state index in [2.05, 4.69) is 10.0 Å². The minimum Gasteiger partial charge on any atom is -0.478 e. The maximum atomic E-state index is 12.5. The predicted octanol–water partition coefficient (Wildman–Crippen LogP) is 0.492. The molecule has 0 saturated heterocycles. The van der Waals surface area contributed by atoms with Crippen LogP contribution in [0.1, 0.15) is 23.7 Å². The number of aliphatic hydroxyl groups is 1. The molecule has 1 aromatic carbocycles. The molecule has 8 nitrogen and oxygen atoms in total. The summed E-state index contributed by atoms with van der Waals surface area (Å²) in [5.74, 6) is -1.21. The molecule has 0 fully saturated rings. The van der Waals surface area contributed by atoms with Crippen molar-refractivity contribution in [3.8, 4) is 0 Å². The Balaban J connectivity index is 3.16. The van der Waals surface area contributed by atoms with E-state index in [1.807, 2.05) is 0 Å². The quantitative estimate of drug-likeness (QED) is 0.454. The fourth-order valence-electron chi connectivity index (χ4n) is 1.94. The average molecular weight is 346 g/mol. The number of carbonyl (C=O) groups is 1. The van der Waals surface area contributed by atoms with Gasteiger partial charge in [-0.25, -0.2) is 17.9 Å². The van der Waals surface area contributed by atoms with Gasteiger partial charge in [-0.1, -0.05) is 0 Å². The Hall–Kier alpha value is -1.68. The number of rotatable bonds is 10. The van der Waals surface area contributed by atoms with Crippen LogP contribution in [0, 0.1) is 0 Å². The minimum atomic E-state index is -3.92. The normalized spacial score (nSPS) is 12.8. The smallest absolute Gasteiger partial charge is 0.335 e. The van der Waals surface area contributed by atoms with Gasteiger partial charge in [-0.2, -0.15) is 0 Å². The topological polar surface area (TPSA) is 125 Å². The molecule has 130 valence electrons. The fourth-order valence-corrected chi connectivity index (χ4v) is 3.37. The van der Waals surface area contributed by atoms with E-state index in [9.17, 15) is 13.2 Å². The summed E-state index contributed by atoms with van der Waals surface area (Å²) in [6, 6.07) is 3.35. The van der Waals surface area contributed by atoms with Crippen molar-refractivity contribution in [1.29, 1.82) is 0 Å². The summed E-state index contributed by atoms with van der Waals surface area (Å²) in [5, 5.41) is 20.8. The summed E-state index contributed by atoms with van der Waals surface area (Å²) in [7, 11) is -2.47. The maximum Gasteiger partial charge on any atom is 0.335 e. The summed E-state index contributed by atoms with van der Waals surface area (Å²) in [5.41, 5.74) is 0.151. The van der Waals surface area contributed by atoms with Gasteiger partial charge in [0.05, 0.1) is 17.9 Å². The third-order valence-corrected chi connectivity index (χ3v) is 4.57. The third kappa shape index (κ3) is 5.79. The Kier molecular flexibility index (Phi) is 7.43. The van der Waals surface area contributed by atoms with Gasteiger partial charge in [0, 0.05) is 26.3 Å². The first-order valence-electron chi connectivity index (χ1n) is 7.05. The lowest BCUT2D eigenvalue weighted by atomic mass is 10.2. The number of nitrogens with one attached hydrogen (secondary N) is 2. The molecule has 9 heteroatoms. The molecule has 0 aliphatic carbocycles. The molecule has 1 rings (SSSR count). The lowest BCUT2D eigenvalue weighted by molar-refractivity contribution is 0.0696. The Morgan fingerprint density at radius 2 is 2.09 bits per heavy atom. The molecule has 0 unspecified atom stereocenters. The van der Waals surface area contributed by atoms with Crippen molar-refractivity contribution in [2.75, 3.05) is 32.2 Å².